The SMILES string of the molecule is CCN(CC(=O)O)C1CC(NCc2ncc(C(C)(C)C)s2)C1. The quantitative estimate of drug-likeness (QED) is 0.806. The largest absolute Gasteiger partial charge is 0.480 e. The van der Waals surface area contributed by atoms with Crippen LogP contribution >= 0.6 is 11.3 Å². The zero-order valence-electron chi connectivity index (χ0n) is 13.9. The first-order valence-corrected chi connectivity index (χ1v) is 8.75. The summed E-state index contributed by atoms with van der Waals surface area (Å²) in [5.41, 5.74) is 0.163. The van der Waals surface area contributed by atoms with Crippen molar-refractivity contribution in [3.8, 4) is 0 Å². The van der Waals surface area contributed by atoms with Gasteiger partial charge in [-0.25, -0.2) is 4.98 Å². The van der Waals surface area contributed by atoms with Crippen LogP contribution in [0.5, 0.6) is 0 Å². The fourth-order valence-corrected chi connectivity index (χ4v) is 3.62. The van der Waals surface area contributed by atoms with Gasteiger partial charge in [0.25, 0.3) is 0 Å². The molecule has 1 heterocycles. The highest BCUT2D eigenvalue weighted by Crippen LogP contribution is 2.29. The summed E-state index contributed by atoms with van der Waals surface area (Å²) in [7, 11) is 0. The molecule has 0 spiro atoms. The number of aliphatic carboxylic acids is 1. The second-order valence-electron chi connectivity index (χ2n) is 7.03. The molecule has 5 nitrogen and oxygen atoms in total. The van der Waals surface area contributed by atoms with E-state index >= 15 is 0 Å². The highest BCUT2D eigenvalue weighted by molar-refractivity contribution is 7.11. The molecule has 2 rings (SSSR count). The summed E-state index contributed by atoms with van der Waals surface area (Å²) >= 11 is 1.77. The van der Waals surface area contributed by atoms with Crippen molar-refractivity contribution in [1.29, 1.82) is 0 Å². The smallest absolute Gasteiger partial charge is 0.317 e. The molecule has 1 aromatic heterocycles. The summed E-state index contributed by atoms with van der Waals surface area (Å²) in [5, 5.41) is 13.6. The minimum Gasteiger partial charge on any atom is -0.480 e. The Labute approximate surface area is 136 Å². The number of hydrogen-bond donors (Lipinski definition) is 2. The number of likely N-dealkylation sites (N-methyl/N-ethyl adjacent to an activating group) is 1. The zero-order valence-corrected chi connectivity index (χ0v) is 14.7. The standard InChI is InChI=1S/C16H27N3O2S/c1-5-19(10-15(20)21)12-6-11(7-12)17-9-14-18-8-13(22-14)16(2,3)4/h8,11-12,17H,5-7,9-10H2,1-4H3,(H,20,21). The molecular weight excluding hydrogens is 298 g/mol. The summed E-state index contributed by atoms with van der Waals surface area (Å²) in [6.07, 6.45) is 4.04. The van der Waals surface area contributed by atoms with Crippen molar-refractivity contribution in [3.05, 3.63) is 16.1 Å². The second-order valence-corrected chi connectivity index (χ2v) is 8.14. The van der Waals surface area contributed by atoms with Gasteiger partial charge in [-0.1, -0.05) is 27.7 Å². The molecule has 1 aromatic rings. The molecule has 0 bridgehead atoms. The third-order valence-electron chi connectivity index (χ3n) is 4.21. The zero-order chi connectivity index (χ0) is 16.3. The lowest BCUT2D eigenvalue weighted by molar-refractivity contribution is -0.139. The second kappa shape index (κ2) is 7.06. The Morgan fingerprint density at radius 3 is 2.68 bits per heavy atom. The molecule has 1 aliphatic carbocycles. The van der Waals surface area contributed by atoms with Crippen LogP contribution in [0.15, 0.2) is 6.20 Å². The van der Waals surface area contributed by atoms with E-state index in [4.69, 9.17) is 5.11 Å². The van der Waals surface area contributed by atoms with Gasteiger partial charge >= 0.3 is 5.97 Å². The summed E-state index contributed by atoms with van der Waals surface area (Å²) in [6.45, 7) is 10.4. The van der Waals surface area contributed by atoms with Crippen LogP contribution in [0.4, 0.5) is 0 Å². The van der Waals surface area contributed by atoms with Crippen LogP contribution in [0.25, 0.3) is 0 Å². The topological polar surface area (TPSA) is 65.5 Å². The first-order chi connectivity index (χ1) is 10.3. The molecule has 0 radical (unpaired) electrons. The fraction of sp³-hybridized carbons (Fsp3) is 0.750. The predicted octanol–water partition coefficient (Wildman–Crippen LogP) is 2.47. The molecule has 0 amide bonds. The van der Waals surface area contributed by atoms with Crippen molar-refractivity contribution >= 4 is 17.3 Å². The third-order valence-corrected chi connectivity index (χ3v) is 5.63. The van der Waals surface area contributed by atoms with E-state index < -0.39 is 5.97 Å². The summed E-state index contributed by atoms with van der Waals surface area (Å²) in [4.78, 5) is 18.7. The van der Waals surface area contributed by atoms with Crippen LogP contribution in [0.1, 0.15) is 50.4 Å². The number of hydrogen-bond acceptors (Lipinski definition) is 5. The van der Waals surface area contributed by atoms with Gasteiger partial charge in [0.1, 0.15) is 5.01 Å². The highest BCUT2D eigenvalue weighted by Gasteiger charge is 2.33. The molecule has 1 fully saturated rings. The minimum absolute atomic E-state index is 0.148. The van der Waals surface area contributed by atoms with Crippen molar-refractivity contribution < 1.29 is 9.90 Å². The van der Waals surface area contributed by atoms with Gasteiger partial charge in [0.05, 0.1) is 6.54 Å². The number of nitrogens with zero attached hydrogens (tertiary/aromatic N) is 2. The molecule has 1 saturated carbocycles. The van der Waals surface area contributed by atoms with Gasteiger partial charge < -0.3 is 10.4 Å². The molecule has 124 valence electrons. The average molecular weight is 325 g/mol. The first kappa shape index (κ1) is 17.4. The van der Waals surface area contributed by atoms with Gasteiger partial charge in [-0.05, 0) is 24.8 Å². The van der Waals surface area contributed by atoms with E-state index in [1.165, 1.54) is 4.88 Å². The Morgan fingerprint density at radius 2 is 2.18 bits per heavy atom. The molecule has 0 aliphatic heterocycles. The van der Waals surface area contributed by atoms with Crippen LogP contribution in [-0.2, 0) is 16.8 Å². The summed E-state index contributed by atoms with van der Waals surface area (Å²) in [6, 6.07) is 0.884. The molecule has 0 aromatic carbocycles. The molecule has 0 unspecified atom stereocenters. The Morgan fingerprint density at radius 1 is 1.50 bits per heavy atom. The molecule has 0 atom stereocenters. The normalized spacial score (nSPS) is 21.9. The van der Waals surface area contributed by atoms with Crippen molar-refractivity contribution in [2.45, 2.75) is 64.6 Å². The van der Waals surface area contributed by atoms with Crippen LogP contribution in [0.2, 0.25) is 0 Å². The van der Waals surface area contributed by atoms with E-state index in [-0.39, 0.29) is 12.0 Å². The van der Waals surface area contributed by atoms with Gasteiger partial charge in [0.2, 0.25) is 0 Å². The van der Waals surface area contributed by atoms with E-state index in [0.717, 1.165) is 30.9 Å². The van der Waals surface area contributed by atoms with Crippen LogP contribution in [0.3, 0.4) is 0 Å². The number of rotatable bonds is 7. The van der Waals surface area contributed by atoms with Gasteiger partial charge in [-0.3, -0.25) is 9.69 Å². The van der Waals surface area contributed by atoms with Gasteiger partial charge in [-0.15, -0.1) is 11.3 Å². The maximum atomic E-state index is 10.8. The highest BCUT2D eigenvalue weighted by atomic mass is 32.1. The lowest BCUT2D eigenvalue weighted by Crippen LogP contribution is -2.53. The van der Waals surface area contributed by atoms with E-state index in [0.29, 0.717) is 12.1 Å². The number of carboxylic acids is 1. The van der Waals surface area contributed by atoms with Gasteiger partial charge in [-0.2, -0.15) is 0 Å². The molecule has 6 heteroatoms. The van der Waals surface area contributed by atoms with Crippen molar-refractivity contribution in [2.75, 3.05) is 13.1 Å². The molecule has 0 saturated heterocycles. The molecule has 2 N–H and O–H groups in total. The number of aromatic nitrogens is 1. The van der Waals surface area contributed by atoms with Gasteiger partial charge in [0, 0.05) is 29.7 Å². The fourth-order valence-electron chi connectivity index (χ4n) is 2.70. The summed E-state index contributed by atoms with van der Waals surface area (Å²) < 4.78 is 0. The van der Waals surface area contributed by atoms with Crippen LogP contribution in [-0.4, -0.2) is 46.1 Å². The monoisotopic (exact) mass is 325 g/mol. The Balaban J connectivity index is 1.74. The minimum atomic E-state index is -0.740. The van der Waals surface area contributed by atoms with Crippen molar-refractivity contribution in [3.63, 3.8) is 0 Å². The number of thiazole rings is 1. The molecule has 22 heavy (non-hydrogen) atoms. The van der Waals surface area contributed by atoms with Crippen molar-refractivity contribution in [1.82, 2.24) is 15.2 Å². The average Bonchev–Trinajstić information content (AvgIpc) is 2.83. The maximum Gasteiger partial charge on any atom is 0.317 e. The van der Waals surface area contributed by atoms with E-state index in [1.807, 2.05) is 18.0 Å². The van der Waals surface area contributed by atoms with Crippen molar-refractivity contribution in [2.24, 2.45) is 0 Å². The van der Waals surface area contributed by atoms with E-state index in [9.17, 15) is 4.79 Å². The van der Waals surface area contributed by atoms with Crippen LogP contribution < -0.4 is 5.32 Å². The van der Waals surface area contributed by atoms with Gasteiger partial charge in [0.15, 0.2) is 0 Å². The Hall–Kier alpha value is -0.980. The Kier molecular flexibility index (Phi) is 5.58. The molecular formula is C16H27N3O2S. The Bertz CT molecular complexity index is 504. The number of nitrogens with one attached hydrogen (secondary N) is 1. The van der Waals surface area contributed by atoms with Crippen LogP contribution in [0, 0.1) is 0 Å². The maximum absolute atomic E-state index is 10.8. The first-order valence-electron chi connectivity index (χ1n) is 7.94. The number of carboxylic acid groups (broad SMARTS) is 1. The third kappa shape index (κ3) is 4.51. The van der Waals surface area contributed by atoms with E-state index in [1.54, 1.807) is 11.3 Å². The van der Waals surface area contributed by atoms with E-state index in [2.05, 4.69) is 31.1 Å². The lowest BCUT2D eigenvalue weighted by Gasteiger charge is -2.42. The predicted molar refractivity (Wildman–Crippen MR) is 89.3 cm³/mol. The lowest BCUT2D eigenvalue weighted by atomic mass is 9.85. The summed E-state index contributed by atoms with van der Waals surface area (Å²) in [5.74, 6) is -0.740. The molecule has 1 aliphatic rings. The number of carbonyl (C=O) groups is 1.